The zero-order valence-electron chi connectivity index (χ0n) is 11.3. The minimum atomic E-state index is 0.0697. The van der Waals surface area contributed by atoms with Gasteiger partial charge in [0.1, 0.15) is 6.54 Å². The summed E-state index contributed by atoms with van der Waals surface area (Å²) in [6, 6.07) is 0. The molecule has 2 heterocycles. The van der Waals surface area contributed by atoms with E-state index in [-0.39, 0.29) is 11.3 Å². The molecular formula is C13H21N3O2. The maximum absolute atomic E-state index is 12.0. The highest BCUT2D eigenvalue weighted by molar-refractivity contribution is 5.76. The number of amides is 1. The Morgan fingerprint density at radius 3 is 2.61 bits per heavy atom. The van der Waals surface area contributed by atoms with Crippen LogP contribution in [0.2, 0.25) is 0 Å². The van der Waals surface area contributed by atoms with Crippen molar-refractivity contribution in [1.29, 1.82) is 0 Å². The van der Waals surface area contributed by atoms with Crippen molar-refractivity contribution < 1.29 is 9.53 Å². The van der Waals surface area contributed by atoms with E-state index in [4.69, 9.17) is 4.74 Å². The Hall–Kier alpha value is -1.36. The highest BCUT2D eigenvalue weighted by Gasteiger charge is 2.19. The number of ether oxygens (including phenoxy) is 1. The standard InChI is InChI=1S/C13H21N3O2/c1-13(2,3)11-8-14-16(9-11)10-12(17)15-4-6-18-7-5-15/h8-9H,4-7,10H2,1-3H3. The summed E-state index contributed by atoms with van der Waals surface area (Å²) in [6.45, 7) is 9.37. The van der Waals surface area contributed by atoms with Gasteiger partial charge in [0.15, 0.2) is 0 Å². The third-order valence-corrected chi connectivity index (χ3v) is 3.16. The first kappa shape index (κ1) is 13.1. The zero-order valence-corrected chi connectivity index (χ0v) is 11.3. The molecule has 0 aliphatic carbocycles. The molecule has 0 atom stereocenters. The highest BCUT2D eigenvalue weighted by atomic mass is 16.5. The van der Waals surface area contributed by atoms with Crippen molar-refractivity contribution >= 4 is 5.91 Å². The summed E-state index contributed by atoms with van der Waals surface area (Å²) in [6.07, 6.45) is 3.80. The van der Waals surface area contributed by atoms with Gasteiger partial charge in [0.2, 0.25) is 5.91 Å². The molecule has 0 N–H and O–H groups in total. The molecule has 0 unspecified atom stereocenters. The second-order valence-corrected chi connectivity index (χ2v) is 5.67. The van der Waals surface area contributed by atoms with Crippen LogP contribution >= 0.6 is 0 Å². The third-order valence-electron chi connectivity index (χ3n) is 3.16. The molecule has 0 radical (unpaired) electrons. The number of hydrogen-bond donors (Lipinski definition) is 0. The number of nitrogens with zero attached hydrogens (tertiary/aromatic N) is 3. The normalized spacial score (nSPS) is 16.9. The lowest BCUT2D eigenvalue weighted by atomic mass is 9.90. The van der Waals surface area contributed by atoms with Crippen LogP contribution in [0.5, 0.6) is 0 Å². The minimum Gasteiger partial charge on any atom is -0.378 e. The van der Waals surface area contributed by atoms with E-state index in [1.807, 2.05) is 17.3 Å². The highest BCUT2D eigenvalue weighted by Crippen LogP contribution is 2.20. The fourth-order valence-electron chi connectivity index (χ4n) is 1.89. The second-order valence-electron chi connectivity index (χ2n) is 5.67. The van der Waals surface area contributed by atoms with Gasteiger partial charge in [0.05, 0.1) is 19.4 Å². The van der Waals surface area contributed by atoms with Crippen LogP contribution in [0, 0.1) is 0 Å². The Labute approximate surface area is 108 Å². The minimum absolute atomic E-state index is 0.0697. The summed E-state index contributed by atoms with van der Waals surface area (Å²) in [7, 11) is 0. The molecular weight excluding hydrogens is 230 g/mol. The van der Waals surface area contributed by atoms with Gasteiger partial charge in [-0.1, -0.05) is 20.8 Å². The summed E-state index contributed by atoms with van der Waals surface area (Å²) < 4.78 is 6.95. The predicted octanol–water partition coefficient (Wildman–Crippen LogP) is 1.04. The van der Waals surface area contributed by atoms with Crippen LogP contribution in [-0.2, 0) is 21.5 Å². The molecule has 0 spiro atoms. The first-order valence-corrected chi connectivity index (χ1v) is 6.35. The van der Waals surface area contributed by atoms with E-state index in [0.717, 1.165) is 5.56 Å². The largest absolute Gasteiger partial charge is 0.378 e. The molecule has 1 aliphatic heterocycles. The van der Waals surface area contributed by atoms with Crippen molar-refractivity contribution in [3.05, 3.63) is 18.0 Å². The summed E-state index contributed by atoms with van der Waals surface area (Å²) in [5.41, 5.74) is 1.22. The molecule has 5 nitrogen and oxygen atoms in total. The zero-order chi connectivity index (χ0) is 13.2. The van der Waals surface area contributed by atoms with Gasteiger partial charge >= 0.3 is 0 Å². The Morgan fingerprint density at radius 2 is 2.06 bits per heavy atom. The molecule has 100 valence electrons. The van der Waals surface area contributed by atoms with E-state index >= 15 is 0 Å². The van der Waals surface area contributed by atoms with Crippen LogP contribution in [0.25, 0.3) is 0 Å². The van der Waals surface area contributed by atoms with Crippen molar-refractivity contribution in [2.24, 2.45) is 0 Å². The number of rotatable bonds is 2. The molecule has 0 saturated carbocycles. The lowest BCUT2D eigenvalue weighted by Crippen LogP contribution is -2.42. The van der Waals surface area contributed by atoms with Gasteiger partial charge in [0.25, 0.3) is 0 Å². The first-order valence-electron chi connectivity index (χ1n) is 6.35. The predicted molar refractivity (Wildman–Crippen MR) is 68.3 cm³/mol. The average Bonchev–Trinajstić information content (AvgIpc) is 2.78. The van der Waals surface area contributed by atoms with Gasteiger partial charge in [-0.05, 0) is 11.0 Å². The maximum atomic E-state index is 12.0. The van der Waals surface area contributed by atoms with E-state index in [9.17, 15) is 4.79 Å². The molecule has 18 heavy (non-hydrogen) atoms. The quantitative estimate of drug-likeness (QED) is 0.789. The lowest BCUT2D eigenvalue weighted by Gasteiger charge is -2.26. The molecule has 0 bridgehead atoms. The Kier molecular flexibility index (Phi) is 3.71. The van der Waals surface area contributed by atoms with Crippen molar-refractivity contribution in [2.45, 2.75) is 32.7 Å². The van der Waals surface area contributed by atoms with Crippen LogP contribution in [0.1, 0.15) is 26.3 Å². The van der Waals surface area contributed by atoms with Crippen molar-refractivity contribution in [3.8, 4) is 0 Å². The summed E-state index contributed by atoms with van der Waals surface area (Å²) >= 11 is 0. The van der Waals surface area contributed by atoms with E-state index in [0.29, 0.717) is 32.8 Å². The van der Waals surface area contributed by atoms with Crippen LogP contribution < -0.4 is 0 Å². The van der Waals surface area contributed by atoms with Gasteiger partial charge < -0.3 is 9.64 Å². The van der Waals surface area contributed by atoms with Crippen molar-refractivity contribution in [2.75, 3.05) is 26.3 Å². The van der Waals surface area contributed by atoms with Crippen molar-refractivity contribution in [1.82, 2.24) is 14.7 Å². The molecule has 1 amide bonds. The molecule has 0 aromatic carbocycles. The van der Waals surface area contributed by atoms with E-state index in [1.165, 1.54) is 0 Å². The topological polar surface area (TPSA) is 47.4 Å². The SMILES string of the molecule is CC(C)(C)c1cnn(CC(=O)N2CCOCC2)c1. The van der Waals surface area contributed by atoms with Crippen LogP contribution in [-0.4, -0.2) is 46.9 Å². The Bertz CT molecular complexity index is 414. The average molecular weight is 251 g/mol. The first-order chi connectivity index (χ1) is 8.47. The monoisotopic (exact) mass is 251 g/mol. The van der Waals surface area contributed by atoms with E-state index in [2.05, 4.69) is 25.9 Å². The van der Waals surface area contributed by atoms with Gasteiger partial charge in [-0.2, -0.15) is 5.10 Å². The number of aromatic nitrogens is 2. The van der Waals surface area contributed by atoms with Gasteiger partial charge in [-0.3, -0.25) is 9.48 Å². The summed E-state index contributed by atoms with van der Waals surface area (Å²) in [4.78, 5) is 13.9. The van der Waals surface area contributed by atoms with E-state index < -0.39 is 0 Å². The molecule has 1 aromatic rings. The molecule has 2 rings (SSSR count). The molecule has 5 heteroatoms. The lowest BCUT2D eigenvalue weighted by molar-refractivity contribution is -0.136. The molecule has 1 aliphatic rings. The summed E-state index contributed by atoms with van der Waals surface area (Å²) in [5, 5.41) is 4.26. The van der Waals surface area contributed by atoms with Gasteiger partial charge in [-0.15, -0.1) is 0 Å². The van der Waals surface area contributed by atoms with Crippen molar-refractivity contribution in [3.63, 3.8) is 0 Å². The Morgan fingerprint density at radius 1 is 1.39 bits per heavy atom. The van der Waals surface area contributed by atoms with E-state index in [1.54, 1.807) is 4.68 Å². The van der Waals surface area contributed by atoms with Gasteiger partial charge in [-0.25, -0.2) is 0 Å². The Balaban J connectivity index is 1.96. The van der Waals surface area contributed by atoms with Crippen LogP contribution in [0.3, 0.4) is 0 Å². The fourth-order valence-corrected chi connectivity index (χ4v) is 1.89. The number of morpholine rings is 1. The third kappa shape index (κ3) is 3.10. The molecule has 1 saturated heterocycles. The van der Waals surface area contributed by atoms with Gasteiger partial charge in [0, 0.05) is 19.3 Å². The smallest absolute Gasteiger partial charge is 0.244 e. The molecule has 1 aromatic heterocycles. The maximum Gasteiger partial charge on any atom is 0.244 e. The number of carbonyl (C=O) groups excluding carboxylic acids is 1. The van der Waals surface area contributed by atoms with Crippen LogP contribution in [0.4, 0.5) is 0 Å². The van der Waals surface area contributed by atoms with Crippen LogP contribution in [0.15, 0.2) is 12.4 Å². The number of carbonyl (C=O) groups is 1. The fraction of sp³-hybridized carbons (Fsp3) is 0.692. The number of hydrogen-bond acceptors (Lipinski definition) is 3. The summed E-state index contributed by atoms with van der Waals surface area (Å²) in [5.74, 6) is 0.113. The second kappa shape index (κ2) is 5.10. The molecule has 1 fully saturated rings.